The lowest BCUT2D eigenvalue weighted by atomic mass is 10.4. The van der Waals surface area contributed by atoms with E-state index in [0.717, 1.165) is 19.0 Å². The van der Waals surface area contributed by atoms with Gasteiger partial charge in [0.15, 0.2) is 5.82 Å². The first-order chi connectivity index (χ1) is 7.79. The molecule has 1 aliphatic rings. The minimum Gasteiger partial charge on any atom is -0.377 e. The van der Waals surface area contributed by atoms with E-state index in [-0.39, 0.29) is 6.10 Å². The van der Waals surface area contributed by atoms with Crippen LogP contribution in [0.3, 0.4) is 0 Å². The minimum atomic E-state index is 0.146. The Bertz CT molecular complexity index is 323. The lowest BCUT2D eigenvalue weighted by Gasteiger charge is -2.12. The van der Waals surface area contributed by atoms with Crippen molar-refractivity contribution >= 4 is 0 Å². The summed E-state index contributed by atoms with van der Waals surface area (Å²) in [6.45, 7) is 6.20. The molecule has 0 radical (unpaired) electrons. The van der Waals surface area contributed by atoms with Crippen LogP contribution in [0, 0.1) is 0 Å². The van der Waals surface area contributed by atoms with Gasteiger partial charge in [0, 0.05) is 12.6 Å². The quantitative estimate of drug-likeness (QED) is 0.725. The van der Waals surface area contributed by atoms with Crippen molar-refractivity contribution in [3.05, 3.63) is 5.82 Å². The highest BCUT2D eigenvalue weighted by Crippen LogP contribution is 2.18. The second kappa shape index (κ2) is 5.36. The number of ether oxygens (including phenoxy) is 1. The molecule has 1 saturated carbocycles. The average molecular weight is 225 g/mol. The van der Waals surface area contributed by atoms with Gasteiger partial charge in [-0.3, -0.25) is 0 Å². The van der Waals surface area contributed by atoms with Gasteiger partial charge in [-0.05, 0) is 37.1 Å². The first-order valence-electron chi connectivity index (χ1n) is 5.89. The van der Waals surface area contributed by atoms with E-state index in [1.165, 1.54) is 12.8 Å². The van der Waals surface area contributed by atoms with Gasteiger partial charge >= 0.3 is 0 Å². The summed E-state index contributed by atoms with van der Waals surface area (Å²) in [5, 5.41) is 15.1. The molecule has 2 rings (SSSR count). The fourth-order valence-electron chi connectivity index (χ4n) is 1.60. The maximum atomic E-state index is 5.47. The van der Waals surface area contributed by atoms with Gasteiger partial charge in [0.2, 0.25) is 0 Å². The summed E-state index contributed by atoms with van der Waals surface area (Å²) in [4.78, 5) is 0. The molecule has 1 atom stereocenters. The molecule has 0 aromatic carbocycles. The van der Waals surface area contributed by atoms with E-state index in [1.54, 1.807) is 0 Å². The van der Waals surface area contributed by atoms with Gasteiger partial charge in [-0.1, -0.05) is 0 Å². The summed E-state index contributed by atoms with van der Waals surface area (Å²) in [5.41, 5.74) is 0. The van der Waals surface area contributed by atoms with Crippen molar-refractivity contribution < 1.29 is 4.74 Å². The number of nitrogens with zero attached hydrogens (tertiary/aromatic N) is 4. The van der Waals surface area contributed by atoms with Crippen molar-refractivity contribution in [2.24, 2.45) is 0 Å². The Hall–Kier alpha value is -1.01. The monoisotopic (exact) mass is 225 g/mol. The van der Waals surface area contributed by atoms with Gasteiger partial charge in [-0.25, -0.2) is 4.68 Å². The normalized spacial score (nSPS) is 17.6. The number of nitrogens with one attached hydrogen (secondary N) is 1. The number of rotatable bonds is 7. The van der Waals surface area contributed by atoms with Crippen molar-refractivity contribution in [2.45, 2.75) is 51.9 Å². The Balaban J connectivity index is 1.84. The molecule has 0 aliphatic heterocycles. The van der Waals surface area contributed by atoms with Crippen LogP contribution >= 0.6 is 0 Å². The Kier molecular flexibility index (Phi) is 3.84. The average Bonchev–Trinajstić information content (AvgIpc) is 2.98. The van der Waals surface area contributed by atoms with E-state index in [4.69, 9.17) is 4.74 Å². The summed E-state index contributed by atoms with van der Waals surface area (Å²) < 4.78 is 7.29. The molecule has 6 heteroatoms. The van der Waals surface area contributed by atoms with Crippen LogP contribution in [0.5, 0.6) is 0 Å². The van der Waals surface area contributed by atoms with Crippen LogP contribution in [0.15, 0.2) is 0 Å². The van der Waals surface area contributed by atoms with Crippen LogP contribution in [0.1, 0.15) is 32.5 Å². The summed E-state index contributed by atoms with van der Waals surface area (Å²) in [5.74, 6) is 0.887. The second-order valence-corrected chi connectivity index (χ2v) is 4.20. The fraction of sp³-hybridized carbons (Fsp3) is 0.900. The molecule has 1 aliphatic carbocycles. The van der Waals surface area contributed by atoms with Gasteiger partial charge in [0.05, 0.1) is 19.2 Å². The Labute approximate surface area is 95.4 Å². The molecule has 6 nitrogen and oxygen atoms in total. The highest BCUT2D eigenvalue weighted by molar-refractivity contribution is 4.87. The summed E-state index contributed by atoms with van der Waals surface area (Å²) in [6.07, 6.45) is 2.70. The largest absolute Gasteiger partial charge is 0.377 e. The molecule has 1 unspecified atom stereocenters. The van der Waals surface area contributed by atoms with Crippen LogP contribution in [0.25, 0.3) is 0 Å². The zero-order valence-corrected chi connectivity index (χ0v) is 9.89. The highest BCUT2D eigenvalue weighted by Gasteiger charge is 2.21. The number of aromatic nitrogens is 4. The number of hydrogen-bond acceptors (Lipinski definition) is 5. The molecule has 1 aromatic rings. The predicted octanol–water partition coefficient (Wildman–Crippen LogP) is 0.350. The third-order valence-corrected chi connectivity index (χ3v) is 2.61. The third-order valence-electron chi connectivity index (χ3n) is 2.61. The molecule has 1 heterocycles. The van der Waals surface area contributed by atoms with Crippen LogP contribution in [-0.4, -0.2) is 39.0 Å². The summed E-state index contributed by atoms with van der Waals surface area (Å²) in [6, 6.07) is 0.675. The van der Waals surface area contributed by atoms with E-state index in [0.29, 0.717) is 12.6 Å². The van der Waals surface area contributed by atoms with E-state index in [1.807, 2.05) is 18.5 Å². The van der Waals surface area contributed by atoms with Crippen LogP contribution in [0.2, 0.25) is 0 Å². The zero-order valence-electron chi connectivity index (χ0n) is 9.89. The van der Waals surface area contributed by atoms with E-state index in [2.05, 4.69) is 20.8 Å². The van der Waals surface area contributed by atoms with Gasteiger partial charge in [0.25, 0.3) is 0 Å². The van der Waals surface area contributed by atoms with Crippen LogP contribution < -0.4 is 5.32 Å². The van der Waals surface area contributed by atoms with Gasteiger partial charge in [0.1, 0.15) is 0 Å². The van der Waals surface area contributed by atoms with Gasteiger partial charge in [-0.2, -0.15) is 0 Å². The first-order valence-corrected chi connectivity index (χ1v) is 5.89. The van der Waals surface area contributed by atoms with E-state index in [9.17, 15) is 0 Å². The van der Waals surface area contributed by atoms with E-state index < -0.39 is 0 Å². The summed E-state index contributed by atoms with van der Waals surface area (Å²) >= 11 is 0. The smallest absolute Gasteiger partial charge is 0.165 e. The second-order valence-electron chi connectivity index (χ2n) is 4.20. The maximum absolute atomic E-state index is 5.47. The number of tetrazole rings is 1. The molecule has 16 heavy (non-hydrogen) atoms. The Morgan fingerprint density at radius 3 is 3.06 bits per heavy atom. The lowest BCUT2D eigenvalue weighted by molar-refractivity contribution is 0.0603. The molecule has 0 spiro atoms. The molecule has 90 valence electrons. The molecule has 1 aromatic heterocycles. The Morgan fingerprint density at radius 2 is 2.38 bits per heavy atom. The predicted molar refractivity (Wildman–Crippen MR) is 58.8 cm³/mol. The standard InChI is InChI=1S/C10H19N5O/c1-3-16-8(2)7-15-10(12-13-14-15)6-11-9-4-5-9/h8-9,11H,3-7H2,1-2H3. The minimum absolute atomic E-state index is 0.146. The van der Waals surface area contributed by atoms with Crippen molar-refractivity contribution in [1.82, 2.24) is 25.5 Å². The fourth-order valence-corrected chi connectivity index (χ4v) is 1.60. The molecule has 0 saturated heterocycles. The molecular weight excluding hydrogens is 206 g/mol. The third kappa shape index (κ3) is 3.24. The van der Waals surface area contributed by atoms with Crippen molar-refractivity contribution in [3.8, 4) is 0 Å². The maximum Gasteiger partial charge on any atom is 0.165 e. The molecule has 1 N–H and O–H groups in total. The first kappa shape index (κ1) is 11.5. The highest BCUT2D eigenvalue weighted by atomic mass is 16.5. The van der Waals surface area contributed by atoms with Gasteiger partial charge < -0.3 is 10.1 Å². The van der Waals surface area contributed by atoms with Crippen LogP contribution in [-0.2, 0) is 17.8 Å². The molecule has 0 amide bonds. The molecule has 1 fully saturated rings. The topological polar surface area (TPSA) is 64.9 Å². The number of hydrogen-bond donors (Lipinski definition) is 1. The van der Waals surface area contributed by atoms with Crippen molar-refractivity contribution in [1.29, 1.82) is 0 Å². The van der Waals surface area contributed by atoms with Crippen molar-refractivity contribution in [3.63, 3.8) is 0 Å². The summed E-state index contributed by atoms with van der Waals surface area (Å²) in [7, 11) is 0. The lowest BCUT2D eigenvalue weighted by Crippen LogP contribution is -2.23. The van der Waals surface area contributed by atoms with Gasteiger partial charge in [-0.15, -0.1) is 5.10 Å². The Morgan fingerprint density at radius 1 is 1.56 bits per heavy atom. The molecule has 0 bridgehead atoms. The zero-order chi connectivity index (χ0) is 11.4. The molecular formula is C10H19N5O. The van der Waals surface area contributed by atoms with Crippen LogP contribution in [0.4, 0.5) is 0 Å². The van der Waals surface area contributed by atoms with Crippen molar-refractivity contribution in [2.75, 3.05) is 6.61 Å². The van der Waals surface area contributed by atoms with E-state index >= 15 is 0 Å². The SMILES string of the molecule is CCOC(C)Cn1nnnc1CNC1CC1.